The van der Waals surface area contributed by atoms with Crippen LogP contribution in [0.2, 0.25) is 0 Å². The molecule has 0 aliphatic heterocycles. The summed E-state index contributed by atoms with van der Waals surface area (Å²) < 4.78 is 2.30. The van der Waals surface area contributed by atoms with Gasteiger partial charge in [0.1, 0.15) is 5.82 Å². The van der Waals surface area contributed by atoms with Gasteiger partial charge in [-0.15, -0.1) is 0 Å². The summed E-state index contributed by atoms with van der Waals surface area (Å²) in [7, 11) is 0. The molecule has 34 heavy (non-hydrogen) atoms. The van der Waals surface area contributed by atoms with E-state index in [1.54, 1.807) is 0 Å². The van der Waals surface area contributed by atoms with Gasteiger partial charge in [0.2, 0.25) is 0 Å². The zero-order valence-electron chi connectivity index (χ0n) is 18.7. The van der Waals surface area contributed by atoms with Gasteiger partial charge in [-0.1, -0.05) is 78.9 Å². The Balaban J connectivity index is 1.36. The minimum absolute atomic E-state index is 0.196. The highest BCUT2D eigenvalue weighted by Gasteiger charge is 2.26. The summed E-state index contributed by atoms with van der Waals surface area (Å²) in [5.41, 5.74) is 8.07. The molecule has 4 nitrogen and oxygen atoms in total. The summed E-state index contributed by atoms with van der Waals surface area (Å²) in [4.78, 5) is 9.31. The molecule has 1 aliphatic carbocycles. The van der Waals surface area contributed by atoms with Crippen LogP contribution in [-0.2, 0) is 6.42 Å². The number of aromatic nitrogens is 3. The monoisotopic (exact) mass is 440 g/mol. The minimum atomic E-state index is 0.196. The molecule has 1 aliphatic rings. The predicted molar refractivity (Wildman–Crippen MR) is 138 cm³/mol. The second-order valence-corrected chi connectivity index (χ2v) is 8.47. The summed E-state index contributed by atoms with van der Waals surface area (Å²) in [6, 6.07) is 33.5. The molecular weight excluding hydrogens is 416 g/mol. The average molecular weight is 441 g/mol. The van der Waals surface area contributed by atoms with E-state index in [2.05, 4.69) is 98.9 Å². The van der Waals surface area contributed by atoms with Gasteiger partial charge in [-0.05, 0) is 35.4 Å². The summed E-state index contributed by atoms with van der Waals surface area (Å²) >= 11 is 0. The van der Waals surface area contributed by atoms with Gasteiger partial charge in [-0.3, -0.25) is 4.98 Å². The molecule has 6 rings (SSSR count). The first-order valence-corrected chi connectivity index (χ1v) is 11.5. The normalized spacial score (nSPS) is 14.8. The average Bonchev–Trinajstić information content (AvgIpc) is 3.33. The number of hydrogen-bond acceptors (Lipinski definition) is 3. The van der Waals surface area contributed by atoms with Crippen molar-refractivity contribution in [2.45, 2.75) is 12.3 Å². The minimum Gasteiger partial charge on any atom is -0.342 e. The molecule has 0 fully saturated rings. The number of benzene rings is 3. The first kappa shape index (κ1) is 20.2. The summed E-state index contributed by atoms with van der Waals surface area (Å²) in [6.07, 6.45) is 8.96. The van der Waals surface area contributed by atoms with Crippen LogP contribution in [-0.4, -0.2) is 14.5 Å². The molecule has 164 valence electrons. The molecule has 2 heterocycles. The van der Waals surface area contributed by atoms with Crippen LogP contribution in [0.5, 0.6) is 0 Å². The van der Waals surface area contributed by atoms with Crippen LogP contribution in [0, 0.1) is 0 Å². The molecule has 0 radical (unpaired) electrons. The third kappa shape index (κ3) is 3.90. The molecule has 5 aromatic rings. The summed E-state index contributed by atoms with van der Waals surface area (Å²) in [5.74, 6) is 0.944. The van der Waals surface area contributed by atoms with Crippen molar-refractivity contribution in [3.8, 4) is 16.9 Å². The SMILES string of the molecule is C1=C(Nc2cnc(-c3ccccc3)cn2)C(c2ccccc2)Cc2c1ccn2-c1ccccc1. The second kappa shape index (κ2) is 8.83. The first-order valence-electron chi connectivity index (χ1n) is 11.5. The van der Waals surface area contributed by atoms with Crippen molar-refractivity contribution in [3.05, 3.63) is 138 Å². The fraction of sp³-hybridized carbons (Fsp3) is 0.0667. The first-order chi connectivity index (χ1) is 16.8. The Hall–Kier alpha value is -4.44. The topological polar surface area (TPSA) is 42.7 Å². The number of para-hydroxylation sites is 1. The molecular formula is C30H24N4. The fourth-order valence-electron chi connectivity index (χ4n) is 4.63. The van der Waals surface area contributed by atoms with Gasteiger partial charge in [0.15, 0.2) is 0 Å². The fourth-order valence-corrected chi connectivity index (χ4v) is 4.63. The molecule has 0 spiro atoms. The molecule has 1 atom stereocenters. The van der Waals surface area contributed by atoms with E-state index in [4.69, 9.17) is 0 Å². The molecule has 0 saturated carbocycles. The Labute approximate surface area is 199 Å². The lowest BCUT2D eigenvalue weighted by molar-refractivity contribution is 0.742. The molecule has 1 N–H and O–H groups in total. The maximum Gasteiger partial charge on any atom is 0.148 e. The van der Waals surface area contributed by atoms with Gasteiger partial charge in [0.05, 0.1) is 18.1 Å². The molecule has 0 bridgehead atoms. The summed E-state index contributed by atoms with van der Waals surface area (Å²) in [5, 5.41) is 3.58. The van der Waals surface area contributed by atoms with Gasteiger partial charge in [-0.2, -0.15) is 0 Å². The van der Waals surface area contributed by atoms with Crippen LogP contribution in [0.25, 0.3) is 23.0 Å². The van der Waals surface area contributed by atoms with Crippen molar-refractivity contribution < 1.29 is 0 Å². The highest BCUT2D eigenvalue weighted by molar-refractivity contribution is 5.67. The van der Waals surface area contributed by atoms with E-state index in [0.717, 1.165) is 29.2 Å². The van der Waals surface area contributed by atoms with Crippen LogP contribution in [0.1, 0.15) is 22.7 Å². The van der Waals surface area contributed by atoms with Gasteiger partial charge >= 0.3 is 0 Å². The van der Waals surface area contributed by atoms with Crippen molar-refractivity contribution in [2.24, 2.45) is 0 Å². The van der Waals surface area contributed by atoms with Crippen LogP contribution in [0.15, 0.2) is 121 Å². The highest BCUT2D eigenvalue weighted by atomic mass is 15.0. The third-order valence-corrected chi connectivity index (χ3v) is 6.34. The number of nitrogens with zero attached hydrogens (tertiary/aromatic N) is 3. The van der Waals surface area contributed by atoms with Crippen molar-refractivity contribution >= 4 is 11.9 Å². The molecule has 3 aromatic carbocycles. The largest absolute Gasteiger partial charge is 0.342 e. The van der Waals surface area contributed by atoms with E-state index in [1.807, 2.05) is 42.7 Å². The lowest BCUT2D eigenvalue weighted by atomic mass is 9.85. The number of fused-ring (bicyclic) bond motifs is 1. The Morgan fingerprint density at radius 2 is 1.44 bits per heavy atom. The van der Waals surface area contributed by atoms with Gasteiger partial charge < -0.3 is 9.88 Å². The summed E-state index contributed by atoms with van der Waals surface area (Å²) in [6.45, 7) is 0. The Morgan fingerprint density at radius 3 is 2.15 bits per heavy atom. The molecule has 0 saturated heterocycles. The number of hydrogen-bond donors (Lipinski definition) is 1. The maximum absolute atomic E-state index is 4.67. The van der Waals surface area contributed by atoms with E-state index in [1.165, 1.54) is 22.5 Å². The van der Waals surface area contributed by atoms with E-state index >= 15 is 0 Å². The van der Waals surface area contributed by atoms with Crippen LogP contribution >= 0.6 is 0 Å². The quantitative estimate of drug-likeness (QED) is 0.330. The molecule has 0 amide bonds. The Morgan fingerprint density at radius 1 is 0.735 bits per heavy atom. The van der Waals surface area contributed by atoms with Crippen molar-refractivity contribution in [1.29, 1.82) is 0 Å². The van der Waals surface area contributed by atoms with Crippen LogP contribution < -0.4 is 5.32 Å². The van der Waals surface area contributed by atoms with Crippen molar-refractivity contribution in [1.82, 2.24) is 14.5 Å². The maximum atomic E-state index is 4.67. The molecule has 4 heteroatoms. The highest BCUT2D eigenvalue weighted by Crippen LogP contribution is 2.37. The van der Waals surface area contributed by atoms with Gasteiger partial charge in [-0.25, -0.2) is 4.98 Å². The lowest BCUT2D eigenvalue weighted by Gasteiger charge is -2.27. The predicted octanol–water partition coefficient (Wildman–Crippen LogP) is 6.73. The van der Waals surface area contributed by atoms with Crippen LogP contribution in [0.3, 0.4) is 0 Å². The van der Waals surface area contributed by atoms with Crippen molar-refractivity contribution in [2.75, 3.05) is 5.32 Å². The molecule has 1 unspecified atom stereocenters. The van der Waals surface area contributed by atoms with E-state index in [0.29, 0.717) is 0 Å². The lowest BCUT2D eigenvalue weighted by Crippen LogP contribution is -2.19. The van der Waals surface area contributed by atoms with E-state index in [-0.39, 0.29) is 5.92 Å². The number of nitrogens with one attached hydrogen (secondary N) is 1. The number of rotatable bonds is 5. The number of allylic oxidation sites excluding steroid dienone is 1. The van der Waals surface area contributed by atoms with E-state index < -0.39 is 0 Å². The van der Waals surface area contributed by atoms with Crippen molar-refractivity contribution in [3.63, 3.8) is 0 Å². The van der Waals surface area contributed by atoms with Gasteiger partial charge in [0, 0.05) is 41.2 Å². The smallest absolute Gasteiger partial charge is 0.148 e. The standard InChI is InChI=1S/C30H24N4/c1-4-10-22(11-5-1)26-19-29-24(16-17-34(29)25-14-8-3-9-15-25)18-27(26)33-30-21-31-28(20-32-30)23-12-6-2-7-13-23/h1-18,20-21,26H,19H2,(H,32,33). The second-order valence-electron chi connectivity index (χ2n) is 8.47. The van der Waals surface area contributed by atoms with E-state index in [9.17, 15) is 0 Å². The zero-order valence-corrected chi connectivity index (χ0v) is 18.7. The zero-order chi connectivity index (χ0) is 22.7. The Bertz CT molecular complexity index is 1420. The molecule has 2 aromatic heterocycles. The number of anilines is 1. The Kier molecular flexibility index (Phi) is 5.24. The van der Waals surface area contributed by atoms with Crippen LogP contribution in [0.4, 0.5) is 5.82 Å². The van der Waals surface area contributed by atoms with Gasteiger partial charge in [0.25, 0.3) is 0 Å². The third-order valence-electron chi connectivity index (χ3n) is 6.34.